The van der Waals surface area contributed by atoms with Crippen molar-refractivity contribution in [3.63, 3.8) is 0 Å². The van der Waals surface area contributed by atoms with Crippen LogP contribution in [0.25, 0.3) is 5.57 Å². The highest BCUT2D eigenvalue weighted by molar-refractivity contribution is 6.67. The second-order valence-electron chi connectivity index (χ2n) is 6.60. The lowest BCUT2D eigenvalue weighted by Gasteiger charge is -2.17. The number of allylic oxidation sites excluding steroid dienone is 4. The summed E-state index contributed by atoms with van der Waals surface area (Å²) in [5, 5.41) is 23.3. The van der Waals surface area contributed by atoms with Gasteiger partial charge in [-0.3, -0.25) is 0 Å². The van der Waals surface area contributed by atoms with Crippen LogP contribution in [0, 0.1) is 5.92 Å². The predicted molar refractivity (Wildman–Crippen MR) is 96.5 cm³/mol. The van der Waals surface area contributed by atoms with Crippen molar-refractivity contribution in [3.8, 4) is 5.88 Å². The first-order valence-corrected chi connectivity index (χ1v) is 8.16. The van der Waals surface area contributed by atoms with Crippen molar-refractivity contribution < 1.29 is 10.2 Å². The van der Waals surface area contributed by atoms with Gasteiger partial charge in [0, 0.05) is 18.3 Å². The van der Waals surface area contributed by atoms with E-state index in [9.17, 15) is 10.2 Å². The van der Waals surface area contributed by atoms with Crippen LogP contribution in [-0.2, 0) is 0 Å². The Bertz CT molecular complexity index is 720. The predicted octanol–water partition coefficient (Wildman–Crippen LogP) is 1.91. The van der Waals surface area contributed by atoms with Gasteiger partial charge in [0.2, 0.25) is 5.88 Å². The van der Waals surface area contributed by atoms with Crippen LogP contribution in [0.3, 0.4) is 0 Å². The summed E-state index contributed by atoms with van der Waals surface area (Å²) in [5.41, 5.74) is 6.08. The van der Waals surface area contributed by atoms with Crippen molar-refractivity contribution in [2.45, 2.75) is 33.3 Å². The Morgan fingerprint density at radius 1 is 1.48 bits per heavy atom. The number of hydrogen-bond acceptors (Lipinski definition) is 4. The lowest BCUT2D eigenvalue weighted by Crippen LogP contribution is -2.24. The van der Waals surface area contributed by atoms with E-state index in [-0.39, 0.29) is 5.88 Å². The summed E-state index contributed by atoms with van der Waals surface area (Å²) in [7, 11) is 0.684. The van der Waals surface area contributed by atoms with Crippen molar-refractivity contribution in [3.05, 3.63) is 41.0 Å². The summed E-state index contributed by atoms with van der Waals surface area (Å²) < 4.78 is 0. The number of aliphatic hydroxyl groups excluding tert-OH is 1. The van der Waals surface area contributed by atoms with Crippen LogP contribution in [0.15, 0.2) is 35.3 Å². The fourth-order valence-electron chi connectivity index (χ4n) is 3.41. The average Bonchev–Trinajstić information content (AvgIpc) is 2.82. The molecule has 0 amide bonds. The molecule has 0 aromatic carbocycles. The fraction of sp³-hybridized carbons (Fsp3) is 0.389. The number of aromatic nitrogens is 1. The Labute approximate surface area is 137 Å². The molecular formula is C18H23BN2O2. The maximum Gasteiger partial charge on any atom is 0.213 e. The molecule has 0 spiro atoms. The third kappa shape index (κ3) is 3.20. The van der Waals surface area contributed by atoms with Gasteiger partial charge in [-0.05, 0) is 37.2 Å². The zero-order valence-electron chi connectivity index (χ0n) is 13.9. The van der Waals surface area contributed by atoms with Gasteiger partial charge in [0.15, 0.2) is 7.28 Å². The highest BCUT2D eigenvalue weighted by atomic mass is 16.3. The van der Waals surface area contributed by atoms with Crippen molar-refractivity contribution in [1.82, 2.24) is 4.98 Å². The van der Waals surface area contributed by atoms with E-state index in [1.54, 1.807) is 13.0 Å². The van der Waals surface area contributed by atoms with E-state index in [0.29, 0.717) is 13.2 Å². The monoisotopic (exact) mass is 310 g/mol. The zero-order chi connectivity index (χ0) is 16.6. The van der Waals surface area contributed by atoms with E-state index in [0.717, 1.165) is 40.9 Å². The number of nitrogens with zero attached hydrogens (tertiary/aromatic N) is 1. The van der Waals surface area contributed by atoms with Crippen LogP contribution in [0.4, 0.5) is 5.69 Å². The molecule has 0 saturated heterocycles. The molecule has 2 atom stereocenters. The number of anilines is 1. The highest BCUT2D eigenvalue weighted by Gasteiger charge is 2.27. The Kier molecular flexibility index (Phi) is 4.31. The molecule has 23 heavy (non-hydrogen) atoms. The van der Waals surface area contributed by atoms with E-state index < -0.39 is 6.10 Å². The summed E-state index contributed by atoms with van der Waals surface area (Å²) in [6, 6.07) is 1.68. The molecule has 2 unspecified atom stereocenters. The van der Waals surface area contributed by atoms with Gasteiger partial charge in [-0.25, -0.2) is 4.98 Å². The van der Waals surface area contributed by atoms with Gasteiger partial charge in [-0.2, -0.15) is 0 Å². The van der Waals surface area contributed by atoms with Gasteiger partial charge in [-0.15, -0.1) is 0 Å². The molecule has 0 saturated carbocycles. The lowest BCUT2D eigenvalue weighted by molar-refractivity contribution is 0.240. The first-order valence-electron chi connectivity index (χ1n) is 8.16. The van der Waals surface area contributed by atoms with Crippen LogP contribution < -0.4 is 10.8 Å². The number of pyridine rings is 1. The average molecular weight is 310 g/mol. The molecule has 2 heterocycles. The first-order chi connectivity index (χ1) is 11.0. The maximum atomic E-state index is 9.94. The summed E-state index contributed by atoms with van der Waals surface area (Å²) in [6.07, 6.45) is 7.03. The summed E-state index contributed by atoms with van der Waals surface area (Å²) in [5.74, 6) is 0.586. The molecule has 1 aromatic rings. The number of nitrogens with one attached hydrogen (secondary N) is 1. The highest BCUT2D eigenvalue weighted by Crippen LogP contribution is 2.28. The fourth-order valence-corrected chi connectivity index (χ4v) is 3.41. The van der Waals surface area contributed by atoms with E-state index in [1.807, 2.05) is 6.92 Å². The van der Waals surface area contributed by atoms with Crippen molar-refractivity contribution in [1.29, 1.82) is 0 Å². The quantitative estimate of drug-likeness (QED) is 0.743. The van der Waals surface area contributed by atoms with Crippen LogP contribution in [0.2, 0.25) is 0 Å². The normalized spacial score (nSPS) is 20.9. The molecule has 4 nitrogen and oxygen atoms in total. The van der Waals surface area contributed by atoms with E-state index in [4.69, 9.17) is 0 Å². The number of fused-ring (bicyclic) bond motifs is 1. The summed E-state index contributed by atoms with van der Waals surface area (Å²) in [4.78, 5) is 4.26. The van der Waals surface area contributed by atoms with Crippen LogP contribution in [0.1, 0.15) is 32.9 Å². The Hall–Kier alpha value is -2.01. The van der Waals surface area contributed by atoms with Crippen LogP contribution in [-0.4, -0.2) is 35.1 Å². The molecule has 1 aliphatic carbocycles. The van der Waals surface area contributed by atoms with Gasteiger partial charge < -0.3 is 15.5 Å². The zero-order valence-corrected chi connectivity index (χ0v) is 13.9. The van der Waals surface area contributed by atoms with Gasteiger partial charge in [0.25, 0.3) is 0 Å². The van der Waals surface area contributed by atoms with Gasteiger partial charge in [0.05, 0.1) is 11.8 Å². The third-order valence-corrected chi connectivity index (χ3v) is 4.68. The first kappa shape index (κ1) is 15.9. The number of rotatable bonds is 4. The molecule has 1 aliphatic heterocycles. The standard InChI is InChI=1S/C18H23BN2O2/c1-10-5-4-6-13(7-10)9-20-14-8-15(23)21-18-11(2)16(12(3)22)19-17(14)18/h4-6,8,10,12,19,22H,7,9H2,1-3H3,(H2,20,21,23). The summed E-state index contributed by atoms with van der Waals surface area (Å²) in [6.45, 7) is 6.70. The molecule has 1 aromatic heterocycles. The molecule has 120 valence electrons. The molecule has 0 radical (unpaired) electrons. The minimum absolute atomic E-state index is 0.0170. The van der Waals surface area contributed by atoms with Crippen LogP contribution >= 0.6 is 0 Å². The van der Waals surface area contributed by atoms with Gasteiger partial charge >= 0.3 is 0 Å². The Morgan fingerprint density at radius 3 is 2.96 bits per heavy atom. The van der Waals surface area contributed by atoms with Gasteiger partial charge in [0.1, 0.15) is 0 Å². The minimum atomic E-state index is -0.494. The van der Waals surface area contributed by atoms with Crippen molar-refractivity contribution in [2.75, 3.05) is 11.9 Å². The van der Waals surface area contributed by atoms with E-state index >= 15 is 0 Å². The smallest absolute Gasteiger partial charge is 0.213 e. The Morgan fingerprint density at radius 2 is 2.26 bits per heavy atom. The van der Waals surface area contributed by atoms with Gasteiger partial charge in [-0.1, -0.05) is 36.2 Å². The largest absolute Gasteiger partial charge is 0.493 e. The third-order valence-electron chi connectivity index (χ3n) is 4.68. The second kappa shape index (κ2) is 6.24. The number of hydrogen-bond donors (Lipinski definition) is 3. The van der Waals surface area contributed by atoms with E-state index in [1.165, 1.54) is 5.57 Å². The molecular weight excluding hydrogens is 287 g/mol. The minimum Gasteiger partial charge on any atom is -0.493 e. The number of aliphatic hydroxyl groups is 1. The molecule has 2 aliphatic rings. The molecule has 0 fully saturated rings. The number of aromatic hydroxyl groups is 1. The van der Waals surface area contributed by atoms with Crippen molar-refractivity contribution >= 4 is 24.0 Å². The second-order valence-corrected chi connectivity index (χ2v) is 6.60. The molecule has 5 heteroatoms. The maximum absolute atomic E-state index is 9.94. The topological polar surface area (TPSA) is 65.4 Å². The SMILES string of the molecule is CC1=C(C(C)O)Bc2c(NCC3=CC=CC(C)C3)cc(O)nc21. The molecule has 3 N–H and O–H groups in total. The van der Waals surface area contributed by atoms with Crippen molar-refractivity contribution in [2.24, 2.45) is 5.92 Å². The molecule has 3 rings (SSSR count). The summed E-state index contributed by atoms with van der Waals surface area (Å²) >= 11 is 0. The van der Waals surface area contributed by atoms with E-state index in [2.05, 4.69) is 35.5 Å². The lowest BCUT2D eigenvalue weighted by atomic mass is 9.64. The Balaban J connectivity index is 1.83. The molecule has 0 bridgehead atoms. The van der Waals surface area contributed by atoms with Crippen LogP contribution in [0.5, 0.6) is 5.88 Å².